The Bertz CT molecular complexity index is 600. The van der Waals surface area contributed by atoms with E-state index in [1.807, 2.05) is 0 Å². The molecule has 2 heteroatoms. The molecule has 2 nitrogen and oxygen atoms in total. The van der Waals surface area contributed by atoms with Gasteiger partial charge in [0, 0.05) is 11.6 Å². The Morgan fingerprint density at radius 3 is 2.35 bits per heavy atom. The molecule has 1 saturated carbocycles. The number of benzene rings is 1. The maximum Gasteiger partial charge on any atom is 0.0706 e. The van der Waals surface area contributed by atoms with Crippen LogP contribution in [0.5, 0.6) is 0 Å². The van der Waals surface area contributed by atoms with Crippen LogP contribution in [0.2, 0.25) is 0 Å². The molecular formula is C21H28N2. The largest absolute Gasteiger partial charge is 0.306 e. The highest BCUT2D eigenvalue weighted by molar-refractivity contribution is 5.58. The molecule has 122 valence electrons. The van der Waals surface area contributed by atoms with Crippen molar-refractivity contribution in [3.05, 3.63) is 54.2 Å². The first-order valence-electron chi connectivity index (χ1n) is 9.02. The highest BCUT2D eigenvalue weighted by Crippen LogP contribution is 2.27. The van der Waals surface area contributed by atoms with Crippen LogP contribution in [0.25, 0.3) is 11.3 Å². The van der Waals surface area contributed by atoms with Crippen LogP contribution in [0.3, 0.4) is 0 Å². The van der Waals surface area contributed by atoms with Crippen molar-refractivity contribution in [2.24, 2.45) is 5.92 Å². The number of nitrogens with zero attached hydrogens (tertiary/aromatic N) is 1. The Balaban J connectivity index is 1.82. The van der Waals surface area contributed by atoms with E-state index in [0.717, 1.165) is 5.69 Å². The summed E-state index contributed by atoms with van der Waals surface area (Å²) in [5, 5.41) is 3.89. The lowest BCUT2D eigenvalue weighted by atomic mass is 9.92. The summed E-state index contributed by atoms with van der Waals surface area (Å²) < 4.78 is 0. The third-order valence-electron chi connectivity index (χ3n) is 4.85. The highest BCUT2D eigenvalue weighted by Gasteiger charge is 2.22. The zero-order chi connectivity index (χ0) is 16.1. The fourth-order valence-corrected chi connectivity index (χ4v) is 3.54. The molecule has 0 spiro atoms. The average molecular weight is 308 g/mol. The first kappa shape index (κ1) is 16.2. The maximum absolute atomic E-state index is 4.97. The summed E-state index contributed by atoms with van der Waals surface area (Å²) in [6.45, 7) is 4.58. The Hall–Kier alpha value is -1.67. The zero-order valence-corrected chi connectivity index (χ0v) is 14.3. The SMILES string of the molecule is CC(C)C(NC1CCCCC1)c1cccc(-c2ccccc2)n1. The molecule has 1 heterocycles. The summed E-state index contributed by atoms with van der Waals surface area (Å²) in [4.78, 5) is 4.97. The lowest BCUT2D eigenvalue weighted by molar-refractivity contribution is 0.297. The minimum absolute atomic E-state index is 0.335. The van der Waals surface area contributed by atoms with Gasteiger partial charge in [-0.3, -0.25) is 4.98 Å². The summed E-state index contributed by atoms with van der Waals surface area (Å²) >= 11 is 0. The predicted molar refractivity (Wildman–Crippen MR) is 97.3 cm³/mol. The number of nitrogens with one attached hydrogen (secondary N) is 1. The molecule has 1 fully saturated rings. The van der Waals surface area contributed by atoms with Crippen molar-refractivity contribution in [2.45, 2.75) is 58.0 Å². The molecule has 2 aromatic rings. The van der Waals surface area contributed by atoms with Gasteiger partial charge in [-0.05, 0) is 30.9 Å². The van der Waals surface area contributed by atoms with Crippen molar-refractivity contribution in [1.82, 2.24) is 10.3 Å². The van der Waals surface area contributed by atoms with Gasteiger partial charge in [-0.1, -0.05) is 69.5 Å². The van der Waals surface area contributed by atoms with Crippen molar-refractivity contribution in [2.75, 3.05) is 0 Å². The van der Waals surface area contributed by atoms with Gasteiger partial charge in [0.2, 0.25) is 0 Å². The molecule has 3 rings (SSSR count). The van der Waals surface area contributed by atoms with Gasteiger partial charge in [0.1, 0.15) is 0 Å². The molecule has 0 saturated heterocycles. The van der Waals surface area contributed by atoms with E-state index in [9.17, 15) is 0 Å². The van der Waals surface area contributed by atoms with Gasteiger partial charge in [0.05, 0.1) is 17.4 Å². The number of hydrogen-bond acceptors (Lipinski definition) is 2. The molecule has 0 aliphatic heterocycles. The Morgan fingerprint density at radius 2 is 1.65 bits per heavy atom. The van der Waals surface area contributed by atoms with Crippen molar-refractivity contribution in [3.63, 3.8) is 0 Å². The molecule has 0 bridgehead atoms. The molecule has 0 amide bonds. The van der Waals surface area contributed by atoms with Crippen LogP contribution < -0.4 is 5.32 Å². The Morgan fingerprint density at radius 1 is 0.913 bits per heavy atom. The third-order valence-corrected chi connectivity index (χ3v) is 4.85. The number of aromatic nitrogens is 1. The second-order valence-electron chi connectivity index (χ2n) is 7.04. The molecule has 0 radical (unpaired) electrons. The van der Waals surface area contributed by atoms with Crippen LogP contribution in [0, 0.1) is 5.92 Å². The molecule has 1 aliphatic carbocycles. The van der Waals surface area contributed by atoms with E-state index >= 15 is 0 Å². The second kappa shape index (κ2) is 7.74. The summed E-state index contributed by atoms with van der Waals surface area (Å²) in [5.41, 5.74) is 3.43. The van der Waals surface area contributed by atoms with Crippen LogP contribution >= 0.6 is 0 Å². The lowest BCUT2D eigenvalue weighted by Gasteiger charge is -2.30. The first-order chi connectivity index (χ1) is 11.2. The number of hydrogen-bond donors (Lipinski definition) is 1. The van der Waals surface area contributed by atoms with Crippen LogP contribution in [-0.4, -0.2) is 11.0 Å². The van der Waals surface area contributed by atoms with Gasteiger partial charge in [-0.25, -0.2) is 0 Å². The monoisotopic (exact) mass is 308 g/mol. The van der Waals surface area contributed by atoms with Crippen LogP contribution in [0.1, 0.15) is 57.7 Å². The normalized spacial score (nSPS) is 17.3. The van der Waals surface area contributed by atoms with Crippen molar-refractivity contribution in [3.8, 4) is 11.3 Å². The first-order valence-corrected chi connectivity index (χ1v) is 9.02. The van der Waals surface area contributed by atoms with Crippen molar-refractivity contribution in [1.29, 1.82) is 0 Å². The molecule has 23 heavy (non-hydrogen) atoms. The third kappa shape index (κ3) is 4.20. The van der Waals surface area contributed by atoms with E-state index < -0.39 is 0 Å². The zero-order valence-electron chi connectivity index (χ0n) is 14.3. The molecule has 1 aliphatic rings. The fourth-order valence-electron chi connectivity index (χ4n) is 3.54. The standard InChI is InChI=1S/C21H28N2/c1-16(2)21(22-18-12-7-4-8-13-18)20-15-9-14-19(23-20)17-10-5-3-6-11-17/h3,5-6,9-11,14-16,18,21-22H,4,7-8,12-13H2,1-2H3. The van der Waals surface area contributed by atoms with E-state index in [2.05, 4.69) is 67.7 Å². The van der Waals surface area contributed by atoms with Gasteiger partial charge in [0.25, 0.3) is 0 Å². The summed E-state index contributed by atoms with van der Waals surface area (Å²) in [6.07, 6.45) is 6.73. The van der Waals surface area contributed by atoms with Crippen LogP contribution in [0.4, 0.5) is 0 Å². The van der Waals surface area contributed by atoms with E-state index in [0.29, 0.717) is 18.0 Å². The number of pyridine rings is 1. The quantitative estimate of drug-likeness (QED) is 0.803. The minimum Gasteiger partial charge on any atom is -0.306 e. The van der Waals surface area contributed by atoms with Gasteiger partial charge in [-0.15, -0.1) is 0 Å². The maximum atomic E-state index is 4.97. The lowest BCUT2D eigenvalue weighted by Crippen LogP contribution is -2.37. The smallest absolute Gasteiger partial charge is 0.0706 e. The predicted octanol–water partition coefficient (Wildman–Crippen LogP) is 5.37. The van der Waals surface area contributed by atoms with E-state index in [1.54, 1.807) is 0 Å². The van der Waals surface area contributed by atoms with Gasteiger partial charge in [0.15, 0.2) is 0 Å². The average Bonchev–Trinajstić information content (AvgIpc) is 2.61. The molecule has 1 unspecified atom stereocenters. The summed E-state index contributed by atoms with van der Waals surface area (Å²) in [6, 6.07) is 17.9. The van der Waals surface area contributed by atoms with Gasteiger partial charge >= 0.3 is 0 Å². The minimum atomic E-state index is 0.335. The second-order valence-corrected chi connectivity index (χ2v) is 7.04. The van der Waals surface area contributed by atoms with Crippen molar-refractivity contribution >= 4 is 0 Å². The van der Waals surface area contributed by atoms with E-state index in [-0.39, 0.29) is 0 Å². The topological polar surface area (TPSA) is 24.9 Å². The number of rotatable bonds is 5. The van der Waals surface area contributed by atoms with E-state index in [4.69, 9.17) is 4.98 Å². The molecule has 1 atom stereocenters. The van der Waals surface area contributed by atoms with Gasteiger partial charge < -0.3 is 5.32 Å². The Kier molecular flexibility index (Phi) is 5.45. The molecule has 1 aromatic heterocycles. The summed E-state index contributed by atoms with van der Waals surface area (Å²) in [7, 11) is 0. The summed E-state index contributed by atoms with van der Waals surface area (Å²) in [5.74, 6) is 0.537. The molecular weight excluding hydrogens is 280 g/mol. The fraction of sp³-hybridized carbons (Fsp3) is 0.476. The highest BCUT2D eigenvalue weighted by atomic mass is 15.0. The molecule has 1 aromatic carbocycles. The Labute approximate surface area is 140 Å². The van der Waals surface area contributed by atoms with Crippen LogP contribution in [0.15, 0.2) is 48.5 Å². The van der Waals surface area contributed by atoms with Gasteiger partial charge in [-0.2, -0.15) is 0 Å². The van der Waals surface area contributed by atoms with E-state index in [1.165, 1.54) is 43.4 Å². The van der Waals surface area contributed by atoms with Crippen molar-refractivity contribution < 1.29 is 0 Å². The van der Waals surface area contributed by atoms with Crippen LogP contribution in [-0.2, 0) is 0 Å². The molecule has 1 N–H and O–H groups in total.